The van der Waals surface area contributed by atoms with Crippen molar-refractivity contribution in [1.29, 1.82) is 0 Å². The Kier molecular flexibility index (Phi) is 5.77. The molecule has 2 amide bonds. The lowest BCUT2D eigenvalue weighted by Gasteiger charge is -2.11. The van der Waals surface area contributed by atoms with Crippen molar-refractivity contribution in [2.45, 2.75) is 12.8 Å². The van der Waals surface area contributed by atoms with Crippen LogP contribution < -0.4 is 5.32 Å². The largest absolute Gasteiger partial charge is 0.349 e. The summed E-state index contributed by atoms with van der Waals surface area (Å²) in [5, 5.41) is 3.25. The fourth-order valence-electron chi connectivity index (χ4n) is 2.12. The number of nitrogens with one attached hydrogen (secondary N) is 1. The first-order chi connectivity index (χ1) is 11.0. The molecule has 0 aliphatic carbocycles. The number of carbonyl (C=O) groups excluding carboxylic acids is 2. The van der Waals surface area contributed by atoms with Crippen LogP contribution in [0, 0.1) is 0 Å². The van der Waals surface area contributed by atoms with Crippen molar-refractivity contribution >= 4 is 29.1 Å². The first-order valence-corrected chi connectivity index (χ1v) is 7.70. The van der Waals surface area contributed by atoms with Crippen molar-refractivity contribution in [2.75, 3.05) is 19.4 Å². The molecule has 0 atom stereocenters. The average Bonchev–Trinajstić information content (AvgIpc) is 2.53. The zero-order valence-electron chi connectivity index (χ0n) is 13.2. The van der Waals surface area contributed by atoms with E-state index in [-0.39, 0.29) is 11.8 Å². The molecule has 0 aliphatic rings. The highest BCUT2D eigenvalue weighted by Gasteiger charge is 2.10. The number of benzene rings is 2. The predicted molar refractivity (Wildman–Crippen MR) is 92.9 cm³/mol. The molecule has 120 valence electrons. The fraction of sp³-hybridized carbons (Fsp3) is 0.222. The molecule has 0 aromatic heterocycles. The number of anilines is 1. The molecule has 0 fully saturated rings. The summed E-state index contributed by atoms with van der Waals surface area (Å²) in [6.07, 6.45) is 1.07. The van der Waals surface area contributed by atoms with Gasteiger partial charge >= 0.3 is 0 Å². The Labute approximate surface area is 141 Å². The predicted octanol–water partition coefficient (Wildman–Crippen LogP) is 3.61. The van der Waals surface area contributed by atoms with Crippen LogP contribution in [0.25, 0.3) is 0 Å². The summed E-state index contributed by atoms with van der Waals surface area (Å²) in [7, 11) is 3.48. The van der Waals surface area contributed by atoms with Crippen molar-refractivity contribution in [3.8, 4) is 0 Å². The van der Waals surface area contributed by atoms with Gasteiger partial charge in [-0.25, -0.2) is 0 Å². The third-order valence-corrected chi connectivity index (χ3v) is 3.76. The molecule has 0 saturated carbocycles. The van der Waals surface area contributed by atoms with E-state index in [2.05, 4.69) is 5.32 Å². The molecule has 2 rings (SSSR count). The molecular formula is C18H19ClN2O2. The van der Waals surface area contributed by atoms with Crippen molar-refractivity contribution in [2.24, 2.45) is 0 Å². The first kappa shape index (κ1) is 17.0. The summed E-state index contributed by atoms with van der Waals surface area (Å²) in [6, 6.07) is 14.4. The average molecular weight is 331 g/mol. The minimum Gasteiger partial charge on any atom is -0.349 e. The van der Waals surface area contributed by atoms with Gasteiger partial charge in [0.05, 0.1) is 10.6 Å². The van der Waals surface area contributed by atoms with E-state index in [4.69, 9.17) is 11.6 Å². The van der Waals surface area contributed by atoms with Crippen LogP contribution in [0.4, 0.5) is 5.69 Å². The maximum atomic E-state index is 12.2. The standard InChI is InChI=1S/C18H19ClN2O2/c1-21(2)17(22)11-10-13-6-5-7-14(12-13)20-18(23)15-8-3-4-9-16(15)19/h3-9,12H,10-11H2,1-2H3,(H,20,23). The van der Waals surface area contributed by atoms with Crippen LogP contribution in [0.1, 0.15) is 22.3 Å². The van der Waals surface area contributed by atoms with Gasteiger partial charge in [0.2, 0.25) is 5.91 Å². The number of halogens is 1. The molecule has 2 aromatic carbocycles. The third-order valence-electron chi connectivity index (χ3n) is 3.43. The molecule has 0 spiro atoms. The molecule has 0 bridgehead atoms. The van der Waals surface area contributed by atoms with E-state index in [1.165, 1.54) is 0 Å². The molecule has 0 heterocycles. The molecule has 0 unspecified atom stereocenters. The van der Waals surface area contributed by atoms with Crippen LogP contribution in [0.5, 0.6) is 0 Å². The van der Waals surface area contributed by atoms with Crippen LogP contribution in [0.15, 0.2) is 48.5 Å². The van der Waals surface area contributed by atoms with Gasteiger partial charge in [-0.2, -0.15) is 0 Å². The van der Waals surface area contributed by atoms with Gasteiger partial charge in [-0.05, 0) is 36.2 Å². The molecule has 0 saturated heterocycles. The van der Waals surface area contributed by atoms with Gasteiger partial charge in [-0.3, -0.25) is 9.59 Å². The number of hydrogen-bond donors (Lipinski definition) is 1. The zero-order chi connectivity index (χ0) is 16.8. The molecule has 1 N–H and O–H groups in total. The molecular weight excluding hydrogens is 312 g/mol. The number of hydrogen-bond acceptors (Lipinski definition) is 2. The molecule has 0 radical (unpaired) electrons. The Balaban J connectivity index is 2.04. The second-order valence-corrected chi connectivity index (χ2v) is 5.83. The van der Waals surface area contributed by atoms with Crippen LogP contribution in [0.3, 0.4) is 0 Å². The Hall–Kier alpha value is -2.33. The van der Waals surface area contributed by atoms with E-state index in [0.717, 1.165) is 5.56 Å². The lowest BCUT2D eigenvalue weighted by molar-refractivity contribution is -0.128. The minimum absolute atomic E-state index is 0.0792. The minimum atomic E-state index is -0.253. The van der Waals surface area contributed by atoms with Crippen molar-refractivity contribution < 1.29 is 9.59 Å². The number of rotatable bonds is 5. The number of nitrogens with zero attached hydrogens (tertiary/aromatic N) is 1. The quantitative estimate of drug-likeness (QED) is 0.910. The van der Waals surface area contributed by atoms with E-state index in [1.54, 1.807) is 43.3 Å². The molecule has 2 aromatic rings. The van der Waals surface area contributed by atoms with E-state index >= 15 is 0 Å². The van der Waals surface area contributed by atoms with Crippen LogP contribution in [-0.2, 0) is 11.2 Å². The van der Waals surface area contributed by atoms with Crippen molar-refractivity contribution in [3.63, 3.8) is 0 Å². The Bertz CT molecular complexity index is 714. The summed E-state index contributed by atoms with van der Waals surface area (Å²) in [6.45, 7) is 0. The van der Waals surface area contributed by atoms with Gasteiger partial charge in [-0.15, -0.1) is 0 Å². The van der Waals surface area contributed by atoms with Gasteiger partial charge in [0.1, 0.15) is 0 Å². The summed E-state index contributed by atoms with van der Waals surface area (Å²) in [5.41, 5.74) is 2.12. The second-order valence-electron chi connectivity index (χ2n) is 5.42. The number of carbonyl (C=O) groups is 2. The lowest BCUT2D eigenvalue weighted by atomic mass is 10.1. The van der Waals surface area contributed by atoms with Crippen LogP contribution in [-0.4, -0.2) is 30.8 Å². The Morgan fingerprint density at radius 1 is 1.09 bits per heavy atom. The summed E-state index contributed by atoms with van der Waals surface area (Å²) >= 11 is 6.03. The van der Waals surface area contributed by atoms with Gasteiger partial charge in [0, 0.05) is 26.2 Å². The van der Waals surface area contributed by atoms with Gasteiger partial charge < -0.3 is 10.2 Å². The monoisotopic (exact) mass is 330 g/mol. The maximum absolute atomic E-state index is 12.2. The van der Waals surface area contributed by atoms with E-state index in [0.29, 0.717) is 29.1 Å². The summed E-state index contributed by atoms with van der Waals surface area (Å²) in [5.74, 6) is -0.173. The van der Waals surface area contributed by atoms with Gasteiger partial charge in [0.25, 0.3) is 5.91 Å². The summed E-state index contributed by atoms with van der Waals surface area (Å²) in [4.78, 5) is 25.5. The Morgan fingerprint density at radius 2 is 1.83 bits per heavy atom. The van der Waals surface area contributed by atoms with E-state index in [1.807, 2.05) is 24.3 Å². The smallest absolute Gasteiger partial charge is 0.257 e. The molecule has 23 heavy (non-hydrogen) atoms. The van der Waals surface area contributed by atoms with E-state index < -0.39 is 0 Å². The molecule has 0 aliphatic heterocycles. The van der Waals surface area contributed by atoms with Crippen molar-refractivity contribution in [1.82, 2.24) is 4.90 Å². The normalized spacial score (nSPS) is 10.2. The van der Waals surface area contributed by atoms with Crippen molar-refractivity contribution in [3.05, 3.63) is 64.7 Å². The van der Waals surface area contributed by atoms with Crippen LogP contribution in [0.2, 0.25) is 5.02 Å². The maximum Gasteiger partial charge on any atom is 0.257 e. The zero-order valence-corrected chi connectivity index (χ0v) is 13.9. The second kappa shape index (κ2) is 7.79. The highest BCUT2D eigenvalue weighted by molar-refractivity contribution is 6.34. The molecule has 5 heteroatoms. The van der Waals surface area contributed by atoms with Gasteiger partial charge in [0.15, 0.2) is 0 Å². The highest BCUT2D eigenvalue weighted by atomic mass is 35.5. The highest BCUT2D eigenvalue weighted by Crippen LogP contribution is 2.18. The summed E-state index contributed by atoms with van der Waals surface area (Å²) < 4.78 is 0. The third kappa shape index (κ3) is 4.83. The number of aryl methyl sites for hydroxylation is 1. The lowest BCUT2D eigenvalue weighted by Crippen LogP contribution is -2.21. The topological polar surface area (TPSA) is 49.4 Å². The fourth-order valence-corrected chi connectivity index (χ4v) is 2.34. The first-order valence-electron chi connectivity index (χ1n) is 7.32. The number of amides is 2. The van der Waals surface area contributed by atoms with Crippen LogP contribution >= 0.6 is 11.6 Å². The van der Waals surface area contributed by atoms with Gasteiger partial charge in [-0.1, -0.05) is 35.9 Å². The van der Waals surface area contributed by atoms with E-state index in [9.17, 15) is 9.59 Å². The Morgan fingerprint density at radius 3 is 2.52 bits per heavy atom. The SMILES string of the molecule is CN(C)C(=O)CCc1cccc(NC(=O)c2ccccc2Cl)c1. The molecule has 4 nitrogen and oxygen atoms in total.